The van der Waals surface area contributed by atoms with E-state index in [2.05, 4.69) is 19.2 Å². The van der Waals surface area contributed by atoms with Crippen molar-refractivity contribution < 1.29 is 0 Å². The number of nitrogens with one attached hydrogen (secondary N) is 1. The number of fused-ring (bicyclic) bond motifs is 2. The summed E-state index contributed by atoms with van der Waals surface area (Å²) >= 11 is 0. The summed E-state index contributed by atoms with van der Waals surface area (Å²) in [6, 6.07) is 0.889. The molecule has 0 amide bonds. The molecule has 3 aliphatic rings. The molecule has 0 aromatic heterocycles. The average Bonchev–Trinajstić information content (AvgIpc) is 2.73. The molecule has 1 heteroatoms. The van der Waals surface area contributed by atoms with Crippen LogP contribution in [0.2, 0.25) is 0 Å². The Kier molecular flexibility index (Phi) is 2.35. The molecule has 1 nitrogen and oxygen atoms in total. The molecule has 3 atom stereocenters. The maximum Gasteiger partial charge on any atom is 0.00983 e. The molecule has 0 aromatic rings. The fraction of sp³-hybridized carbons (Fsp3) is 1.00. The van der Waals surface area contributed by atoms with E-state index in [-0.39, 0.29) is 0 Å². The molecule has 0 heterocycles. The summed E-state index contributed by atoms with van der Waals surface area (Å²) in [5.41, 5.74) is 0.696. The van der Waals surface area contributed by atoms with E-state index in [0.717, 1.165) is 23.8 Å². The van der Waals surface area contributed by atoms with E-state index >= 15 is 0 Å². The van der Waals surface area contributed by atoms with Crippen LogP contribution < -0.4 is 5.32 Å². The molecular weight excluding hydrogens is 182 g/mol. The Labute approximate surface area is 94.0 Å². The van der Waals surface area contributed by atoms with Crippen LogP contribution in [-0.4, -0.2) is 12.6 Å². The van der Waals surface area contributed by atoms with Crippen molar-refractivity contribution in [3.8, 4) is 0 Å². The zero-order valence-corrected chi connectivity index (χ0v) is 10.3. The smallest absolute Gasteiger partial charge is 0.00983 e. The fourth-order valence-electron chi connectivity index (χ4n) is 3.95. The fourth-order valence-corrected chi connectivity index (χ4v) is 3.95. The molecule has 86 valence electrons. The van der Waals surface area contributed by atoms with E-state index < -0.39 is 0 Å². The van der Waals surface area contributed by atoms with Gasteiger partial charge in [-0.25, -0.2) is 0 Å². The number of rotatable bonds is 4. The molecule has 3 saturated carbocycles. The Hall–Kier alpha value is -0.0400. The van der Waals surface area contributed by atoms with E-state index in [1.165, 1.54) is 45.1 Å². The summed E-state index contributed by atoms with van der Waals surface area (Å²) in [4.78, 5) is 0. The molecule has 15 heavy (non-hydrogen) atoms. The van der Waals surface area contributed by atoms with Crippen molar-refractivity contribution in [1.82, 2.24) is 5.32 Å². The van der Waals surface area contributed by atoms with Crippen molar-refractivity contribution in [2.24, 2.45) is 23.2 Å². The van der Waals surface area contributed by atoms with E-state index in [1.807, 2.05) is 0 Å². The van der Waals surface area contributed by atoms with Crippen molar-refractivity contribution in [2.45, 2.75) is 58.4 Å². The van der Waals surface area contributed by atoms with E-state index in [0.29, 0.717) is 5.41 Å². The third-order valence-corrected chi connectivity index (χ3v) is 5.57. The molecule has 3 aliphatic carbocycles. The minimum atomic E-state index is 0.696. The van der Waals surface area contributed by atoms with Crippen molar-refractivity contribution in [3.63, 3.8) is 0 Å². The maximum atomic E-state index is 3.90. The van der Waals surface area contributed by atoms with Gasteiger partial charge < -0.3 is 5.32 Å². The van der Waals surface area contributed by atoms with Crippen LogP contribution >= 0.6 is 0 Å². The first kappa shape index (κ1) is 10.1. The van der Waals surface area contributed by atoms with Gasteiger partial charge in [-0.05, 0) is 55.3 Å². The Morgan fingerprint density at radius 2 is 2.00 bits per heavy atom. The van der Waals surface area contributed by atoms with Gasteiger partial charge in [0.1, 0.15) is 0 Å². The third-order valence-electron chi connectivity index (χ3n) is 5.57. The second kappa shape index (κ2) is 3.48. The van der Waals surface area contributed by atoms with Crippen LogP contribution in [0, 0.1) is 23.2 Å². The molecule has 1 N–H and O–H groups in total. The van der Waals surface area contributed by atoms with Gasteiger partial charge >= 0.3 is 0 Å². The van der Waals surface area contributed by atoms with Gasteiger partial charge in [-0.15, -0.1) is 0 Å². The Morgan fingerprint density at radius 1 is 1.20 bits per heavy atom. The Balaban J connectivity index is 1.51. The van der Waals surface area contributed by atoms with Gasteiger partial charge in [0.25, 0.3) is 0 Å². The van der Waals surface area contributed by atoms with Crippen LogP contribution in [0.15, 0.2) is 0 Å². The molecule has 0 aliphatic heterocycles. The zero-order valence-electron chi connectivity index (χ0n) is 10.3. The Bertz CT molecular complexity index is 242. The van der Waals surface area contributed by atoms with Gasteiger partial charge in [-0.2, -0.15) is 0 Å². The zero-order chi connectivity index (χ0) is 10.5. The summed E-state index contributed by atoms with van der Waals surface area (Å²) in [5, 5.41) is 3.90. The van der Waals surface area contributed by atoms with Crippen molar-refractivity contribution >= 4 is 0 Å². The molecule has 2 bridgehead atoms. The minimum Gasteiger partial charge on any atom is -0.313 e. The van der Waals surface area contributed by atoms with Crippen LogP contribution in [0.4, 0.5) is 0 Å². The van der Waals surface area contributed by atoms with Crippen LogP contribution in [0.5, 0.6) is 0 Å². The number of hydrogen-bond acceptors (Lipinski definition) is 1. The normalized spacial score (nSPS) is 41.4. The van der Waals surface area contributed by atoms with E-state index in [4.69, 9.17) is 0 Å². The van der Waals surface area contributed by atoms with E-state index in [1.54, 1.807) is 0 Å². The molecule has 0 saturated heterocycles. The lowest BCUT2D eigenvalue weighted by molar-refractivity contribution is 0.281. The van der Waals surface area contributed by atoms with Crippen molar-refractivity contribution in [1.29, 1.82) is 0 Å². The largest absolute Gasteiger partial charge is 0.313 e. The average molecular weight is 207 g/mol. The molecule has 0 aromatic carbocycles. The second-order valence-corrected chi connectivity index (χ2v) is 6.68. The highest BCUT2D eigenvalue weighted by Gasteiger charge is 2.46. The lowest BCUT2D eigenvalue weighted by Gasteiger charge is -2.27. The number of hydrogen-bond donors (Lipinski definition) is 1. The van der Waals surface area contributed by atoms with Crippen LogP contribution in [0.25, 0.3) is 0 Å². The van der Waals surface area contributed by atoms with Crippen LogP contribution in [-0.2, 0) is 0 Å². The van der Waals surface area contributed by atoms with Crippen LogP contribution in [0.1, 0.15) is 52.4 Å². The van der Waals surface area contributed by atoms with Gasteiger partial charge in [-0.3, -0.25) is 0 Å². The van der Waals surface area contributed by atoms with Gasteiger partial charge in [-0.1, -0.05) is 20.3 Å². The van der Waals surface area contributed by atoms with Crippen molar-refractivity contribution in [3.05, 3.63) is 0 Å². The van der Waals surface area contributed by atoms with E-state index in [9.17, 15) is 0 Å². The quantitative estimate of drug-likeness (QED) is 0.746. The first-order valence-electron chi connectivity index (χ1n) is 6.93. The summed E-state index contributed by atoms with van der Waals surface area (Å²) < 4.78 is 0. The highest BCUT2D eigenvalue weighted by Crippen LogP contribution is 2.52. The van der Waals surface area contributed by atoms with Gasteiger partial charge in [0.15, 0.2) is 0 Å². The lowest BCUT2D eigenvalue weighted by Crippen LogP contribution is -2.39. The molecule has 3 unspecified atom stereocenters. The predicted octanol–water partition coefficient (Wildman–Crippen LogP) is 3.20. The predicted molar refractivity (Wildman–Crippen MR) is 63.7 cm³/mol. The maximum absolute atomic E-state index is 3.90. The molecule has 3 rings (SSSR count). The third kappa shape index (κ3) is 1.73. The van der Waals surface area contributed by atoms with Gasteiger partial charge in [0.05, 0.1) is 0 Å². The standard InChI is InChI=1S/C14H25N/c1-10(2)14(5-6-14)9-15-13-8-11-3-4-12(13)7-11/h10-13,15H,3-9H2,1-2H3. The topological polar surface area (TPSA) is 12.0 Å². The highest BCUT2D eigenvalue weighted by molar-refractivity contribution is 5.00. The molecule has 3 fully saturated rings. The monoisotopic (exact) mass is 207 g/mol. The lowest BCUT2D eigenvalue weighted by atomic mass is 9.90. The van der Waals surface area contributed by atoms with Gasteiger partial charge in [0, 0.05) is 12.6 Å². The summed E-state index contributed by atoms with van der Waals surface area (Å²) in [5.74, 6) is 3.00. The second-order valence-electron chi connectivity index (χ2n) is 6.68. The van der Waals surface area contributed by atoms with Crippen molar-refractivity contribution in [2.75, 3.05) is 6.54 Å². The first-order valence-corrected chi connectivity index (χ1v) is 6.93. The SMILES string of the molecule is CC(C)C1(CNC2CC3CCC2C3)CC1. The van der Waals surface area contributed by atoms with Crippen LogP contribution in [0.3, 0.4) is 0 Å². The molecule has 0 spiro atoms. The van der Waals surface area contributed by atoms with Gasteiger partial charge in [0.2, 0.25) is 0 Å². The first-order chi connectivity index (χ1) is 7.20. The summed E-state index contributed by atoms with van der Waals surface area (Å²) in [7, 11) is 0. The summed E-state index contributed by atoms with van der Waals surface area (Å²) in [6.07, 6.45) is 9.00. The molecular formula is C14H25N. The Morgan fingerprint density at radius 3 is 2.47 bits per heavy atom. The highest BCUT2D eigenvalue weighted by atomic mass is 15.0. The summed E-state index contributed by atoms with van der Waals surface area (Å²) in [6.45, 7) is 6.10. The molecule has 0 radical (unpaired) electrons. The minimum absolute atomic E-state index is 0.696.